The van der Waals surface area contributed by atoms with Crippen LogP contribution in [-0.4, -0.2) is 69.0 Å². The predicted molar refractivity (Wildman–Crippen MR) is 190 cm³/mol. The maximum absolute atomic E-state index is 13.2. The number of halogens is 1. The molecule has 2 N–H and O–H groups in total. The number of anilines is 1. The minimum Gasteiger partial charge on any atom is -0.475 e. The third kappa shape index (κ3) is 6.94. The summed E-state index contributed by atoms with van der Waals surface area (Å²) in [5.41, 5.74) is 7.85. The minimum atomic E-state index is -0.518. The van der Waals surface area contributed by atoms with Gasteiger partial charge in [0.15, 0.2) is 5.82 Å². The molecule has 0 radical (unpaired) electrons. The molecule has 252 valence electrons. The standard InChI is InChI=1S/C36H36ClN7O4S/c1-20-21(2)49-36-33(20)34(23-4-8-27(37)9-5-23)41-29(35-43-42-22(3)44(35)36)18-30(45)38-12-13-47-14-15-48-32-11-7-25(19-39-32)24-6-10-28-26(16-24)17-31(46)40-28/h4-8,10-11,16,19,27,29H,9,12-15,17-18H2,1-3H3,(H,38,45)(H,40,46)/t27?,29-/m0/s1. The molecule has 3 aliphatic rings. The fourth-order valence-electron chi connectivity index (χ4n) is 6.16. The highest BCUT2D eigenvalue weighted by Gasteiger charge is 2.33. The summed E-state index contributed by atoms with van der Waals surface area (Å²) < 4.78 is 13.5. The van der Waals surface area contributed by atoms with E-state index in [4.69, 9.17) is 26.1 Å². The maximum Gasteiger partial charge on any atom is 0.228 e. The van der Waals surface area contributed by atoms with Crippen molar-refractivity contribution in [3.05, 3.63) is 93.5 Å². The number of allylic oxidation sites excluding steroid dienone is 4. The zero-order chi connectivity index (χ0) is 34.1. The molecule has 2 aliphatic heterocycles. The number of thiophene rings is 1. The second kappa shape index (κ2) is 14.1. The molecule has 1 unspecified atom stereocenters. The van der Waals surface area contributed by atoms with Crippen molar-refractivity contribution in [2.75, 3.05) is 31.7 Å². The zero-order valence-electron chi connectivity index (χ0n) is 27.5. The molecule has 49 heavy (non-hydrogen) atoms. The van der Waals surface area contributed by atoms with E-state index in [0.29, 0.717) is 50.9 Å². The number of carbonyl (C=O) groups is 2. The average Bonchev–Trinajstić information content (AvgIpc) is 3.73. The van der Waals surface area contributed by atoms with Crippen LogP contribution in [0.15, 0.2) is 65.3 Å². The molecule has 2 atom stereocenters. The number of rotatable bonds is 11. The first-order valence-electron chi connectivity index (χ1n) is 16.2. The van der Waals surface area contributed by atoms with Gasteiger partial charge in [0.2, 0.25) is 17.7 Å². The Balaban J connectivity index is 0.914. The molecule has 1 aromatic carbocycles. The third-order valence-electron chi connectivity index (χ3n) is 8.79. The van der Waals surface area contributed by atoms with Crippen molar-refractivity contribution in [2.45, 2.75) is 51.5 Å². The summed E-state index contributed by atoms with van der Waals surface area (Å²) in [5, 5.41) is 15.6. The van der Waals surface area contributed by atoms with Gasteiger partial charge in [0.1, 0.15) is 23.5 Å². The number of ether oxygens (including phenoxy) is 2. The van der Waals surface area contributed by atoms with Crippen molar-refractivity contribution in [1.82, 2.24) is 25.1 Å². The van der Waals surface area contributed by atoms with Gasteiger partial charge in [-0.05, 0) is 67.7 Å². The van der Waals surface area contributed by atoms with Crippen LogP contribution in [0, 0.1) is 20.8 Å². The number of nitrogens with zero attached hydrogens (tertiary/aromatic N) is 5. The number of pyridine rings is 1. The third-order valence-corrected chi connectivity index (χ3v) is 10.3. The van der Waals surface area contributed by atoms with Crippen molar-refractivity contribution in [3.8, 4) is 22.0 Å². The summed E-state index contributed by atoms with van der Waals surface area (Å²) in [4.78, 5) is 35.6. The van der Waals surface area contributed by atoms with E-state index in [1.165, 1.54) is 4.88 Å². The molecule has 4 aromatic rings. The number of alkyl halides is 1. The van der Waals surface area contributed by atoms with E-state index < -0.39 is 6.04 Å². The van der Waals surface area contributed by atoms with Crippen molar-refractivity contribution >= 4 is 46.2 Å². The van der Waals surface area contributed by atoms with Gasteiger partial charge in [-0.25, -0.2) is 4.98 Å². The van der Waals surface area contributed by atoms with Crippen molar-refractivity contribution < 1.29 is 19.1 Å². The number of carbonyl (C=O) groups excluding carboxylic acids is 2. The van der Waals surface area contributed by atoms with Gasteiger partial charge in [0, 0.05) is 40.5 Å². The normalized spacial score (nSPS) is 17.8. The smallest absolute Gasteiger partial charge is 0.228 e. The first-order valence-corrected chi connectivity index (χ1v) is 17.5. The fourth-order valence-corrected chi connectivity index (χ4v) is 7.53. The summed E-state index contributed by atoms with van der Waals surface area (Å²) in [6.07, 6.45) is 9.11. The summed E-state index contributed by atoms with van der Waals surface area (Å²) in [5.74, 6) is 1.76. The Morgan fingerprint density at radius 3 is 2.78 bits per heavy atom. The Morgan fingerprint density at radius 2 is 1.98 bits per heavy atom. The van der Waals surface area contributed by atoms with E-state index in [1.54, 1.807) is 17.5 Å². The van der Waals surface area contributed by atoms with E-state index in [9.17, 15) is 9.59 Å². The molecule has 0 saturated heterocycles. The van der Waals surface area contributed by atoms with E-state index in [1.807, 2.05) is 54.0 Å². The van der Waals surface area contributed by atoms with E-state index in [-0.39, 0.29) is 23.6 Å². The number of hydrogen-bond acceptors (Lipinski definition) is 9. The highest BCUT2D eigenvalue weighted by atomic mass is 35.5. The molecule has 7 rings (SSSR count). The number of amides is 2. The molecule has 0 bridgehead atoms. The number of hydrogen-bond donors (Lipinski definition) is 2. The number of aliphatic imine (C=N–C) groups is 1. The van der Waals surface area contributed by atoms with Crippen LogP contribution in [-0.2, 0) is 20.7 Å². The number of nitrogens with one attached hydrogen (secondary N) is 2. The Morgan fingerprint density at radius 1 is 1.12 bits per heavy atom. The van der Waals surface area contributed by atoms with Crippen LogP contribution >= 0.6 is 22.9 Å². The molecule has 1 aliphatic carbocycles. The Kier molecular flexibility index (Phi) is 9.44. The van der Waals surface area contributed by atoms with Crippen molar-refractivity contribution in [1.29, 1.82) is 0 Å². The summed E-state index contributed by atoms with van der Waals surface area (Å²) in [7, 11) is 0. The quantitative estimate of drug-likeness (QED) is 0.151. The van der Waals surface area contributed by atoms with Gasteiger partial charge in [-0.1, -0.05) is 24.3 Å². The molecule has 0 saturated carbocycles. The topological polar surface area (TPSA) is 133 Å². The lowest BCUT2D eigenvalue weighted by Gasteiger charge is -2.15. The molecule has 2 amide bonds. The van der Waals surface area contributed by atoms with Crippen molar-refractivity contribution in [2.24, 2.45) is 4.99 Å². The van der Waals surface area contributed by atoms with Gasteiger partial charge in [-0.15, -0.1) is 33.1 Å². The number of fused-ring (bicyclic) bond motifs is 4. The molecule has 13 heteroatoms. The molecule has 5 heterocycles. The molecule has 3 aromatic heterocycles. The minimum absolute atomic E-state index is 0.0121. The van der Waals surface area contributed by atoms with Crippen LogP contribution < -0.4 is 15.4 Å². The molecule has 0 fully saturated rings. The SMILES string of the molecule is Cc1sc2c(c1C)C(C1=CCC(Cl)C=C1)=N[C@@H](CC(=O)NCCOCCOc1ccc(-c3ccc4c(c3)CC(=O)N4)cn1)c1nnc(C)n1-2. The Hall–Kier alpha value is -4.65. The second-order valence-corrected chi connectivity index (χ2v) is 13.9. The lowest BCUT2D eigenvalue weighted by molar-refractivity contribution is -0.121. The van der Waals surface area contributed by atoms with Crippen LogP contribution in [0.25, 0.3) is 16.1 Å². The number of aryl methyl sites for hydroxylation is 2. The molecular weight excluding hydrogens is 662 g/mol. The highest BCUT2D eigenvalue weighted by molar-refractivity contribution is 7.15. The van der Waals surface area contributed by atoms with Crippen LogP contribution in [0.2, 0.25) is 0 Å². The van der Waals surface area contributed by atoms with Gasteiger partial charge in [0.25, 0.3) is 0 Å². The highest BCUT2D eigenvalue weighted by Crippen LogP contribution is 2.40. The fraction of sp³-hybridized carbons (Fsp3) is 0.333. The summed E-state index contributed by atoms with van der Waals surface area (Å²) in [6, 6.07) is 9.13. The monoisotopic (exact) mass is 697 g/mol. The maximum atomic E-state index is 13.2. The van der Waals surface area contributed by atoms with Gasteiger partial charge in [-0.2, -0.15) is 0 Å². The van der Waals surface area contributed by atoms with Crippen LogP contribution in [0.5, 0.6) is 5.88 Å². The summed E-state index contributed by atoms with van der Waals surface area (Å²) in [6.45, 7) is 7.49. The van der Waals surface area contributed by atoms with Crippen LogP contribution in [0.3, 0.4) is 0 Å². The lowest BCUT2D eigenvalue weighted by Crippen LogP contribution is -2.29. The van der Waals surface area contributed by atoms with Crippen molar-refractivity contribution in [3.63, 3.8) is 0 Å². The lowest BCUT2D eigenvalue weighted by atomic mass is 9.95. The first kappa shape index (κ1) is 32.9. The van der Waals surface area contributed by atoms with Crippen LogP contribution in [0.1, 0.15) is 52.1 Å². The largest absolute Gasteiger partial charge is 0.475 e. The van der Waals surface area contributed by atoms with E-state index in [2.05, 4.69) is 45.7 Å². The van der Waals surface area contributed by atoms with E-state index in [0.717, 1.165) is 55.6 Å². The Labute approximate surface area is 293 Å². The number of aromatic nitrogens is 4. The first-order chi connectivity index (χ1) is 23.7. The molecule has 11 nitrogen and oxygen atoms in total. The van der Waals surface area contributed by atoms with Crippen LogP contribution in [0.4, 0.5) is 5.69 Å². The second-order valence-electron chi connectivity index (χ2n) is 12.2. The molecule has 0 spiro atoms. The Bertz CT molecular complexity index is 2010. The van der Waals surface area contributed by atoms with Gasteiger partial charge < -0.3 is 20.1 Å². The van der Waals surface area contributed by atoms with E-state index >= 15 is 0 Å². The predicted octanol–water partition coefficient (Wildman–Crippen LogP) is 5.75. The molecular formula is C36H36ClN7O4S. The summed E-state index contributed by atoms with van der Waals surface area (Å²) >= 11 is 8.03. The van der Waals surface area contributed by atoms with Gasteiger partial charge in [-0.3, -0.25) is 19.1 Å². The number of benzene rings is 1. The zero-order valence-corrected chi connectivity index (χ0v) is 29.0. The average molecular weight is 698 g/mol. The van der Waals surface area contributed by atoms with Gasteiger partial charge >= 0.3 is 0 Å². The van der Waals surface area contributed by atoms with Gasteiger partial charge in [0.05, 0.1) is 37.1 Å².